The molecule has 8 heteroatoms. The fourth-order valence-corrected chi connectivity index (χ4v) is 5.04. The molecule has 0 unspecified atom stereocenters. The van der Waals surface area contributed by atoms with Gasteiger partial charge in [-0.2, -0.15) is 0 Å². The van der Waals surface area contributed by atoms with Crippen molar-refractivity contribution in [1.29, 1.82) is 0 Å². The highest BCUT2D eigenvalue weighted by molar-refractivity contribution is 7.99. The molecule has 0 aliphatic heterocycles. The fraction of sp³-hybridized carbons (Fsp3) is 0.500. The summed E-state index contributed by atoms with van der Waals surface area (Å²) in [6, 6.07) is 7.50. The maximum atomic E-state index is 12.6. The number of carbonyl (C=O) groups is 2. The summed E-state index contributed by atoms with van der Waals surface area (Å²) in [4.78, 5) is 31.0. The second-order valence-electron chi connectivity index (χ2n) is 7.79. The largest absolute Gasteiger partial charge is 0.336 e. The van der Waals surface area contributed by atoms with Gasteiger partial charge < -0.3 is 14.8 Å². The third-order valence-corrected chi connectivity index (χ3v) is 6.84. The van der Waals surface area contributed by atoms with Gasteiger partial charge >= 0.3 is 0 Å². The molecular formula is C22H29ClN4O2S. The van der Waals surface area contributed by atoms with Crippen molar-refractivity contribution < 1.29 is 9.59 Å². The van der Waals surface area contributed by atoms with Gasteiger partial charge in [-0.3, -0.25) is 9.59 Å². The van der Waals surface area contributed by atoms with Crippen molar-refractivity contribution >= 4 is 40.9 Å². The quantitative estimate of drug-likeness (QED) is 0.615. The Labute approximate surface area is 187 Å². The van der Waals surface area contributed by atoms with E-state index < -0.39 is 0 Å². The third-order valence-electron chi connectivity index (χ3n) is 5.57. The third kappa shape index (κ3) is 5.58. The Kier molecular flexibility index (Phi) is 7.83. The Morgan fingerprint density at radius 2 is 1.93 bits per heavy atom. The van der Waals surface area contributed by atoms with Gasteiger partial charge in [0.15, 0.2) is 5.16 Å². The molecule has 1 saturated carbocycles. The van der Waals surface area contributed by atoms with Crippen molar-refractivity contribution in [1.82, 2.24) is 14.5 Å². The molecule has 1 heterocycles. The van der Waals surface area contributed by atoms with E-state index in [-0.39, 0.29) is 24.1 Å². The Bertz CT molecular complexity index is 909. The van der Waals surface area contributed by atoms with E-state index in [0.29, 0.717) is 16.8 Å². The molecule has 0 saturated heterocycles. The molecule has 0 spiro atoms. The summed E-state index contributed by atoms with van der Waals surface area (Å²) >= 11 is 7.52. The van der Waals surface area contributed by atoms with Gasteiger partial charge in [-0.1, -0.05) is 54.8 Å². The van der Waals surface area contributed by atoms with Gasteiger partial charge in [0.25, 0.3) is 0 Å². The summed E-state index contributed by atoms with van der Waals surface area (Å²) in [6.07, 6.45) is 6.12. The number of benzene rings is 1. The normalized spacial score (nSPS) is 14.5. The molecule has 1 aliphatic carbocycles. The lowest BCUT2D eigenvalue weighted by Crippen LogP contribution is -2.36. The van der Waals surface area contributed by atoms with Crippen molar-refractivity contribution in [2.75, 3.05) is 24.7 Å². The zero-order valence-corrected chi connectivity index (χ0v) is 19.4. The zero-order valence-electron chi connectivity index (χ0n) is 17.8. The molecule has 3 rings (SSSR count). The SMILES string of the molecule is Cc1nc(SCC(=O)N(C)CC(=O)Nc2ccccc2Cl)n(C2CCCCC2)c1C. The van der Waals surface area contributed by atoms with Crippen LogP contribution in [0.4, 0.5) is 5.69 Å². The summed E-state index contributed by atoms with van der Waals surface area (Å²) in [5.41, 5.74) is 2.74. The van der Waals surface area contributed by atoms with E-state index in [1.54, 1.807) is 31.3 Å². The molecule has 162 valence electrons. The van der Waals surface area contributed by atoms with Gasteiger partial charge in [0.05, 0.1) is 28.7 Å². The Balaban J connectivity index is 1.57. The lowest BCUT2D eigenvalue weighted by atomic mass is 9.95. The van der Waals surface area contributed by atoms with E-state index in [2.05, 4.69) is 16.8 Å². The Morgan fingerprint density at radius 1 is 1.23 bits per heavy atom. The van der Waals surface area contributed by atoms with E-state index in [4.69, 9.17) is 16.6 Å². The van der Waals surface area contributed by atoms with Crippen LogP contribution in [0.5, 0.6) is 0 Å². The summed E-state index contributed by atoms with van der Waals surface area (Å²) in [5.74, 6) is -0.138. The first-order valence-corrected chi connectivity index (χ1v) is 11.7. The van der Waals surface area contributed by atoms with Crippen LogP contribution in [0.3, 0.4) is 0 Å². The van der Waals surface area contributed by atoms with Gasteiger partial charge in [-0.15, -0.1) is 0 Å². The molecule has 1 fully saturated rings. The van der Waals surface area contributed by atoms with Gasteiger partial charge in [-0.05, 0) is 38.8 Å². The monoisotopic (exact) mass is 448 g/mol. The van der Waals surface area contributed by atoms with Crippen LogP contribution in [0.15, 0.2) is 29.4 Å². The van der Waals surface area contributed by atoms with Crippen molar-refractivity contribution in [3.63, 3.8) is 0 Å². The standard InChI is InChI=1S/C22H29ClN4O2S/c1-15-16(2)27(17-9-5-4-6-10-17)22(24-15)30-14-21(29)26(3)13-20(28)25-19-12-8-7-11-18(19)23/h7-8,11-12,17H,4-6,9-10,13-14H2,1-3H3,(H,25,28). The number of likely N-dealkylation sites (N-methyl/N-ethyl adjacent to an activating group) is 1. The predicted octanol–water partition coefficient (Wildman–Crippen LogP) is 4.85. The first kappa shape index (κ1) is 22.7. The van der Waals surface area contributed by atoms with Crippen LogP contribution in [0.1, 0.15) is 49.5 Å². The summed E-state index contributed by atoms with van der Waals surface area (Å²) < 4.78 is 2.32. The van der Waals surface area contributed by atoms with Gasteiger partial charge in [0, 0.05) is 18.8 Å². The minimum atomic E-state index is -0.278. The highest BCUT2D eigenvalue weighted by Crippen LogP contribution is 2.34. The molecule has 6 nitrogen and oxygen atoms in total. The average Bonchev–Trinajstić information content (AvgIpc) is 3.02. The molecule has 0 radical (unpaired) electrons. The van der Waals surface area contributed by atoms with Crippen molar-refractivity contribution in [3.05, 3.63) is 40.7 Å². The number of amides is 2. The number of hydrogen-bond donors (Lipinski definition) is 1. The molecular weight excluding hydrogens is 420 g/mol. The van der Waals surface area contributed by atoms with Crippen LogP contribution < -0.4 is 5.32 Å². The topological polar surface area (TPSA) is 67.2 Å². The highest BCUT2D eigenvalue weighted by atomic mass is 35.5. The second kappa shape index (κ2) is 10.4. The number of aromatic nitrogens is 2. The van der Waals surface area contributed by atoms with E-state index in [9.17, 15) is 9.59 Å². The number of aryl methyl sites for hydroxylation is 1. The molecule has 0 bridgehead atoms. The van der Waals surface area contributed by atoms with E-state index in [1.807, 2.05) is 6.92 Å². The fourth-order valence-electron chi connectivity index (χ4n) is 3.76. The van der Waals surface area contributed by atoms with Crippen LogP contribution in [0.2, 0.25) is 5.02 Å². The molecule has 1 aromatic carbocycles. The summed E-state index contributed by atoms with van der Waals surface area (Å²) in [5, 5.41) is 4.11. The van der Waals surface area contributed by atoms with Crippen LogP contribution in [-0.4, -0.2) is 45.6 Å². The maximum absolute atomic E-state index is 12.6. The number of halogens is 1. The van der Waals surface area contributed by atoms with Crippen molar-refractivity contribution in [3.8, 4) is 0 Å². The summed E-state index contributed by atoms with van der Waals surface area (Å²) in [7, 11) is 1.64. The number of thioether (sulfide) groups is 1. The van der Waals surface area contributed by atoms with E-state index in [0.717, 1.165) is 10.9 Å². The number of rotatable bonds is 7. The molecule has 0 atom stereocenters. The van der Waals surface area contributed by atoms with Gasteiger partial charge in [0.1, 0.15) is 0 Å². The minimum absolute atomic E-state index is 0.0280. The summed E-state index contributed by atoms with van der Waals surface area (Å²) in [6.45, 7) is 4.10. The highest BCUT2D eigenvalue weighted by Gasteiger charge is 2.23. The Morgan fingerprint density at radius 3 is 2.63 bits per heavy atom. The average molecular weight is 449 g/mol. The smallest absolute Gasteiger partial charge is 0.244 e. The van der Waals surface area contributed by atoms with Crippen LogP contribution in [-0.2, 0) is 9.59 Å². The zero-order chi connectivity index (χ0) is 21.7. The first-order chi connectivity index (χ1) is 14.4. The number of imidazole rings is 1. The van der Waals surface area contributed by atoms with E-state index >= 15 is 0 Å². The lowest BCUT2D eigenvalue weighted by Gasteiger charge is -2.26. The predicted molar refractivity (Wildman–Crippen MR) is 122 cm³/mol. The second-order valence-corrected chi connectivity index (χ2v) is 9.14. The maximum Gasteiger partial charge on any atom is 0.244 e. The number of hydrogen-bond acceptors (Lipinski definition) is 4. The first-order valence-electron chi connectivity index (χ1n) is 10.3. The van der Waals surface area contributed by atoms with Crippen molar-refractivity contribution in [2.45, 2.75) is 57.1 Å². The van der Waals surface area contributed by atoms with Gasteiger partial charge in [0.2, 0.25) is 11.8 Å². The van der Waals surface area contributed by atoms with E-state index in [1.165, 1.54) is 54.5 Å². The number of nitrogens with zero attached hydrogens (tertiary/aromatic N) is 3. The number of para-hydroxylation sites is 1. The molecule has 2 amide bonds. The minimum Gasteiger partial charge on any atom is -0.336 e. The van der Waals surface area contributed by atoms with Crippen LogP contribution in [0, 0.1) is 13.8 Å². The Hall–Kier alpha value is -1.99. The van der Waals surface area contributed by atoms with Crippen molar-refractivity contribution in [2.24, 2.45) is 0 Å². The number of anilines is 1. The molecule has 1 aromatic heterocycles. The molecule has 2 aromatic rings. The van der Waals surface area contributed by atoms with Crippen LogP contribution >= 0.6 is 23.4 Å². The number of carbonyl (C=O) groups excluding carboxylic acids is 2. The van der Waals surface area contributed by atoms with Gasteiger partial charge in [-0.25, -0.2) is 4.98 Å². The van der Waals surface area contributed by atoms with Crippen LogP contribution in [0.25, 0.3) is 0 Å². The molecule has 1 N–H and O–H groups in total. The number of nitrogens with one attached hydrogen (secondary N) is 1. The molecule has 1 aliphatic rings. The lowest BCUT2D eigenvalue weighted by molar-refractivity contribution is -0.131. The molecule has 30 heavy (non-hydrogen) atoms.